The summed E-state index contributed by atoms with van der Waals surface area (Å²) in [5.41, 5.74) is 1.46. The van der Waals surface area contributed by atoms with Crippen LogP contribution in [-0.4, -0.2) is 45.2 Å². The van der Waals surface area contributed by atoms with Gasteiger partial charge in [0.05, 0.1) is 7.11 Å². The minimum absolute atomic E-state index is 0.0528. The Morgan fingerprint density at radius 1 is 1.23 bits per heavy atom. The van der Waals surface area contributed by atoms with Crippen LogP contribution in [0.3, 0.4) is 0 Å². The van der Waals surface area contributed by atoms with E-state index in [2.05, 4.69) is 15.4 Å². The third kappa shape index (κ3) is 4.21. The fourth-order valence-corrected chi connectivity index (χ4v) is 2.43. The zero-order chi connectivity index (χ0) is 18.5. The fraction of sp³-hybridized carbons (Fsp3) is 0.222. The summed E-state index contributed by atoms with van der Waals surface area (Å²) in [6.45, 7) is 0.379. The van der Waals surface area contributed by atoms with Crippen LogP contribution >= 0.6 is 0 Å². The van der Waals surface area contributed by atoms with E-state index in [4.69, 9.17) is 4.74 Å². The zero-order valence-electron chi connectivity index (χ0n) is 14.5. The lowest BCUT2D eigenvalue weighted by molar-refractivity contribution is -0.131. The van der Waals surface area contributed by atoms with E-state index in [1.807, 2.05) is 24.3 Å². The Balaban J connectivity index is 1.64. The Morgan fingerprint density at radius 3 is 2.81 bits per heavy atom. The van der Waals surface area contributed by atoms with Crippen LogP contribution in [0.4, 0.5) is 4.39 Å². The Kier molecular flexibility index (Phi) is 5.21. The van der Waals surface area contributed by atoms with Gasteiger partial charge in [0.25, 0.3) is 0 Å². The van der Waals surface area contributed by atoms with Crippen LogP contribution in [0.1, 0.15) is 5.56 Å². The highest BCUT2D eigenvalue weighted by Gasteiger charge is 2.14. The average Bonchev–Trinajstić information content (AvgIpc) is 3.10. The molecular weight excluding hydrogens is 337 g/mol. The number of nitrogens with zero attached hydrogens (tertiary/aromatic N) is 5. The molecule has 0 radical (unpaired) electrons. The quantitative estimate of drug-likeness (QED) is 0.677. The maximum atomic E-state index is 13.3. The molecule has 0 unspecified atom stereocenters. The Labute approximate surface area is 150 Å². The molecule has 0 bridgehead atoms. The highest BCUT2D eigenvalue weighted by Crippen LogP contribution is 2.15. The lowest BCUT2D eigenvalue weighted by atomic mass is 10.2. The number of likely N-dealkylation sites (N-methyl/N-ethyl adjacent to an activating group) is 1. The third-order valence-electron chi connectivity index (χ3n) is 3.79. The molecule has 0 N–H and O–H groups in total. The standard InChI is InChI=1S/C18H18FN5O2/c1-23(11-13-5-3-8-16(9-13)26-2)17(25)12-24-21-18(20-22-24)14-6-4-7-15(19)10-14/h3-10H,11-12H2,1-2H3. The summed E-state index contributed by atoms with van der Waals surface area (Å²) in [7, 11) is 3.30. The number of carbonyl (C=O) groups is 1. The van der Waals surface area contributed by atoms with Crippen molar-refractivity contribution in [1.82, 2.24) is 25.1 Å². The van der Waals surface area contributed by atoms with Crippen molar-refractivity contribution in [2.75, 3.05) is 14.2 Å². The van der Waals surface area contributed by atoms with Gasteiger partial charge in [-0.1, -0.05) is 24.3 Å². The van der Waals surface area contributed by atoms with Gasteiger partial charge in [0.15, 0.2) is 0 Å². The first-order valence-corrected chi connectivity index (χ1v) is 7.96. The number of hydrogen-bond donors (Lipinski definition) is 0. The molecule has 1 aromatic heterocycles. The van der Waals surface area contributed by atoms with Gasteiger partial charge in [0, 0.05) is 19.2 Å². The number of halogens is 1. The second-order valence-corrected chi connectivity index (χ2v) is 5.76. The van der Waals surface area contributed by atoms with Crippen molar-refractivity contribution in [2.24, 2.45) is 0 Å². The zero-order valence-corrected chi connectivity index (χ0v) is 14.5. The summed E-state index contributed by atoms with van der Waals surface area (Å²) in [6.07, 6.45) is 0. The summed E-state index contributed by atoms with van der Waals surface area (Å²) in [5.74, 6) is 0.456. The van der Waals surface area contributed by atoms with E-state index >= 15 is 0 Å². The molecule has 0 saturated heterocycles. The van der Waals surface area contributed by atoms with E-state index in [9.17, 15) is 9.18 Å². The van der Waals surface area contributed by atoms with Crippen molar-refractivity contribution in [2.45, 2.75) is 13.1 Å². The number of benzene rings is 2. The predicted octanol–water partition coefficient (Wildman–Crippen LogP) is 2.15. The van der Waals surface area contributed by atoms with Gasteiger partial charge >= 0.3 is 0 Å². The molecule has 2 aromatic carbocycles. The summed E-state index contributed by atoms with van der Waals surface area (Å²) in [6, 6.07) is 13.4. The lowest BCUT2D eigenvalue weighted by Gasteiger charge is -2.17. The van der Waals surface area contributed by atoms with Crippen LogP contribution in [0.15, 0.2) is 48.5 Å². The number of amides is 1. The first-order chi connectivity index (χ1) is 12.5. The van der Waals surface area contributed by atoms with E-state index in [0.717, 1.165) is 11.3 Å². The third-order valence-corrected chi connectivity index (χ3v) is 3.79. The van der Waals surface area contributed by atoms with Crippen LogP contribution in [0.25, 0.3) is 11.4 Å². The Morgan fingerprint density at radius 2 is 2.04 bits per heavy atom. The first-order valence-electron chi connectivity index (χ1n) is 7.96. The Hall–Kier alpha value is -3.29. The lowest BCUT2D eigenvalue weighted by Crippen LogP contribution is -2.30. The summed E-state index contributed by atoms with van der Waals surface area (Å²) in [4.78, 5) is 15.1. The molecule has 0 aliphatic rings. The molecule has 3 aromatic rings. The molecule has 7 nitrogen and oxygen atoms in total. The van der Waals surface area contributed by atoms with Gasteiger partial charge in [0.1, 0.15) is 18.1 Å². The highest BCUT2D eigenvalue weighted by atomic mass is 19.1. The molecule has 1 heterocycles. The number of rotatable bonds is 6. The molecule has 0 aliphatic heterocycles. The summed E-state index contributed by atoms with van der Waals surface area (Å²) >= 11 is 0. The second-order valence-electron chi connectivity index (χ2n) is 5.76. The van der Waals surface area contributed by atoms with Crippen LogP contribution in [-0.2, 0) is 17.9 Å². The van der Waals surface area contributed by atoms with Crippen LogP contribution in [0, 0.1) is 5.82 Å². The number of aromatic nitrogens is 4. The van der Waals surface area contributed by atoms with Crippen molar-refractivity contribution in [3.8, 4) is 17.1 Å². The largest absolute Gasteiger partial charge is 0.497 e. The van der Waals surface area contributed by atoms with Gasteiger partial charge in [-0.25, -0.2) is 4.39 Å². The number of methoxy groups -OCH3 is 1. The van der Waals surface area contributed by atoms with Crippen molar-refractivity contribution >= 4 is 5.91 Å². The van der Waals surface area contributed by atoms with Crippen molar-refractivity contribution in [3.05, 3.63) is 59.9 Å². The number of carbonyl (C=O) groups excluding carboxylic acids is 1. The van der Waals surface area contributed by atoms with E-state index < -0.39 is 0 Å². The van der Waals surface area contributed by atoms with Gasteiger partial charge in [-0.15, -0.1) is 10.2 Å². The molecule has 3 rings (SSSR count). The van der Waals surface area contributed by atoms with Crippen molar-refractivity contribution < 1.29 is 13.9 Å². The molecule has 0 aliphatic carbocycles. The minimum Gasteiger partial charge on any atom is -0.497 e. The fourth-order valence-electron chi connectivity index (χ4n) is 2.43. The van der Waals surface area contributed by atoms with E-state index in [0.29, 0.717) is 12.1 Å². The van der Waals surface area contributed by atoms with E-state index in [-0.39, 0.29) is 24.1 Å². The van der Waals surface area contributed by atoms with E-state index in [1.165, 1.54) is 16.9 Å². The molecule has 0 atom stereocenters. The smallest absolute Gasteiger partial charge is 0.246 e. The van der Waals surface area contributed by atoms with Gasteiger partial charge < -0.3 is 9.64 Å². The molecule has 1 amide bonds. The molecule has 26 heavy (non-hydrogen) atoms. The molecule has 0 fully saturated rings. The summed E-state index contributed by atoms with van der Waals surface area (Å²) < 4.78 is 18.5. The Bertz CT molecular complexity index is 912. The topological polar surface area (TPSA) is 73.1 Å². The average molecular weight is 355 g/mol. The van der Waals surface area contributed by atoms with Gasteiger partial charge in [-0.05, 0) is 35.0 Å². The van der Waals surface area contributed by atoms with Crippen molar-refractivity contribution in [3.63, 3.8) is 0 Å². The maximum Gasteiger partial charge on any atom is 0.246 e. The number of tetrazole rings is 1. The minimum atomic E-state index is -0.382. The normalized spacial score (nSPS) is 10.6. The van der Waals surface area contributed by atoms with Crippen LogP contribution in [0.2, 0.25) is 0 Å². The van der Waals surface area contributed by atoms with Gasteiger partial charge in [-0.3, -0.25) is 4.79 Å². The molecule has 8 heteroatoms. The number of hydrogen-bond acceptors (Lipinski definition) is 5. The van der Waals surface area contributed by atoms with Gasteiger partial charge in [0.2, 0.25) is 11.7 Å². The maximum absolute atomic E-state index is 13.3. The first kappa shape index (κ1) is 17.5. The van der Waals surface area contributed by atoms with Crippen LogP contribution in [0.5, 0.6) is 5.75 Å². The highest BCUT2D eigenvalue weighted by molar-refractivity contribution is 5.75. The molecular formula is C18H18FN5O2. The molecule has 0 spiro atoms. The predicted molar refractivity (Wildman–Crippen MR) is 92.7 cm³/mol. The monoisotopic (exact) mass is 355 g/mol. The SMILES string of the molecule is COc1cccc(CN(C)C(=O)Cn2nnc(-c3cccc(F)c3)n2)c1. The molecule has 134 valence electrons. The summed E-state index contributed by atoms with van der Waals surface area (Å²) in [5, 5.41) is 11.9. The number of ether oxygens (including phenoxy) is 1. The second kappa shape index (κ2) is 7.73. The van der Waals surface area contributed by atoms with Crippen LogP contribution < -0.4 is 4.74 Å². The van der Waals surface area contributed by atoms with Gasteiger partial charge in [-0.2, -0.15) is 4.80 Å². The molecule has 0 saturated carbocycles. The van der Waals surface area contributed by atoms with Crippen molar-refractivity contribution in [1.29, 1.82) is 0 Å². The van der Waals surface area contributed by atoms with E-state index in [1.54, 1.807) is 31.2 Å².